The van der Waals surface area contributed by atoms with Crippen molar-refractivity contribution in [3.63, 3.8) is 0 Å². The third kappa shape index (κ3) is 4.07. The van der Waals surface area contributed by atoms with E-state index < -0.39 is 0 Å². The summed E-state index contributed by atoms with van der Waals surface area (Å²) in [4.78, 5) is 2.42. The number of fused-ring (bicyclic) bond motifs is 13. The Morgan fingerprint density at radius 3 is 1.10 bits per heavy atom. The fourth-order valence-corrected chi connectivity index (χ4v) is 8.22. The van der Waals surface area contributed by atoms with Crippen molar-refractivity contribution >= 4 is 92.7 Å². The Morgan fingerprint density at radius 1 is 0.347 bits per heavy atom. The average Bonchev–Trinajstić information content (AvgIpc) is 3.45. The summed E-state index contributed by atoms with van der Waals surface area (Å²) in [5, 5.41) is 16.3. The van der Waals surface area contributed by atoms with Gasteiger partial charge in [0.2, 0.25) is 0 Å². The van der Waals surface area contributed by atoms with Gasteiger partial charge in [0.25, 0.3) is 0 Å². The minimum Gasteiger partial charge on any atom is -0.459 e. The lowest BCUT2D eigenvalue weighted by atomic mass is 9.93. The zero-order chi connectivity index (χ0) is 32.8. The van der Waals surface area contributed by atoms with E-state index in [-0.39, 0.29) is 0 Å². The predicted octanol–water partition coefficient (Wildman–Crippen LogP) is 13.7. The maximum atomic E-state index is 6.55. The Kier molecular flexibility index (Phi) is 5.95. The van der Waals surface area contributed by atoms with E-state index in [0.717, 1.165) is 33.8 Å². The number of furan rings is 1. The van der Waals surface area contributed by atoms with E-state index in [9.17, 15) is 0 Å². The molecule has 1 aromatic heterocycles. The molecule has 0 aliphatic rings. The Hall–Kier alpha value is -6.12. The molecule has 0 N–H and O–H groups in total. The van der Waals surface area contributed by atoms with Gasteiger partial charge in [0.15, 0.2) is 0 Å². The van der Waals surface area contributed by atoms with Crippen molar-refractivity contribution in [3.05, 3.63) is 162 Å². The average molecular weight is 628 g/mol. The van der Waals surface area contributed by atoms with Gasteiger partial charge < -0.3 is 9.32 Å². The summed E-state index contributed by atoms with van der Waals surface area (Å²) >= 11 is 0. The SMILES string of the molecule is Cc1cc2oc(C)c(N(c3ccc4c5ccccc5c5ccccc5c4c3)c3ccc4c5ccccc5c5ccccc5c4c3)c2cc1C. The maximum Gasteiger partial charge on any atom is 0.136 e. The molecule has 0 unspecified atom stereocenters. The van der Waals surface area contributed by atoms with Gasteiger partial charge in [0.05, 0.1) is 5.69 Å². The van der Waals surface area contributed by atoms with Crippen LogP contribution in [-0.4, -0.2) is 0 Å². The number of rotatable bonds is 3. The minimum absolute atomic E-state index is 0.895. The van der Waals surface area contributed by atoms with E-state index in [2.05, 4.69) is 171 Å². The van der Waals surface area contributed by atoms with Crippen LogP contribution in [0.3, 0.4) is 0 Å². The molecule has 0 bridgehead atoms. The number of hydrogen-bond donors (Lipinski definition) is 0. The molecule has 232 valence electrons. The molecule has 0 aliphatic heterocycles. The minimum atomic E-state index is 0.895. The second-order valence-corrected chi connectivity index (χ2v) is 13.4. The summed E-state index contributed by atoms with van der Waals surface area (Å²) in [6, 6.07) is 53.6. The molecule has 0 fully saturated rings. The summed E-state index contributed by atoms with van der Waals surface area (Å²) in [7, 11) is 0. The van der Waals surface area contributed by atoms with E-state index in [1.807, 2.05) is 0 Å². The smallest absolute Gasteiger partial charge is 0.136 e. The molecule has 49 heavy (non-hydrogen) atoms. The lowest BCUT2D eigenvalue weighted by Gasteiger charge is -2.27. The molecule has 0 atom stereocenters. The molecule has 1 heterocycles. The highest BCUT2D eigenvalue weighted by Gasteiger charge is 2.24. The molecule has 2 heteroatoms. The first-order valence-corrected chi connectivity index (χ1v) is 17.0. The first-order chi connectivity index (χ1) is 24.0. The van der Waals surface area contributed by atoms with Gasteiger partial charge in [-0.05, 0) is 133 Å². The van der Waals surface area contributed by atoms with Crippen LogP contribution in [0.1, 0.15) is 16.9 Å². The van der Waals surface area contributed by atoms with Crippen molar-refractivity contribution < 1.29 is 4.42 Å². The first-order valence-electron chi connectivity index (χ1n) is 17.0. The molecule has 10 rings (SSSR count). The van der Waals surface area contributed by atoms with Crippen LogP contribution < -0.4 is 4.90 Å². The summed E-state index contributed by atoms with van der Waals surface area (Å²) in [5.41, 5.74) is 6.67. The van der Waals surface area contributed by atoms with Gasteiger partial charge in [0, 0.05) is 16.8 Å². The second-order valence-electron chi connectivity index (χ2n) is 13.4. The Bertz CT molecular complexity index is 2750. The van der Waals surface area contributed by atoms with Gasteiger partial charge in [0.1, 0.15) is 11.3 Å². The fraction of sp³-hybridized carbons (Fsp3) is 0.0638. The fourth-order valence-electron chi connectivity index (χ4n) is 8.22. The molecular formula is C47H33NO. The third-order valence-electron chi connectivity index (χ3n) is 10.6. The van der Waals surface area contributed by atoms with E-state index in [1.165, 1.54) is 75.8 Å². The van der Waals surface area contributed by atoms with Crippen molar-refractivity contribution in [2.75, 3.05) is 4.90 Å². The van der Waals surface area contributed by atoms with Gasteiger partial charge in [-0.1, -0.05) is 109 Å². The van der Waals surface area contributed by atoms with Crippen LogP contribution in [0.15, 0.2) is 150 Å². The molecule has 0 saturated heterocycles. The topological polar surface area (TPSA) is 16.4 Å². The molecule has 2 nitrogen and oxygen atoms in total. The predicted molar refractivity (Wildman–Crippen MR) is 210 cm³/mol. The van der Waals surface area contributed by atoms with Gasteiger partial charge in [-0.3, -0.25) is 0 Å². The summed E-state index contributed by atoms with van der Waals surface area (Å²) in [6.45, 7) is 6.44. The normalized spacial score (nSPS) is 12.0. The molecular weight excluding hydrogens is 595 g/mol. The molecule has 9 aromatic carbocycles. The van der Waals surface area contributed by atoms with E-state index in [4.69, 9.17) is 4.42 Å². The summed E-state index contributed by atoms with van der Waals surface area (Å²) < 4.78 is 6.55. The number of benzene rings is 9. The summed E-state index contributed by atoms with van der Waals surface area (Å²) in [5.74, 6) is 0.895. The van der Waals surface area contributed by atoms with Crippen molar-refractivity contribution in [2.45, 2.75) is 20.8 Å². The van der Waals surface area contributed by atoms with Crippen molar-refractivity contribution in [2.24, 2.45) is 0 Å². The lowest BCUT2D eigenvalue weighted by molar-refractivity contribution is 0.579. The summed E-state index contributed by atoms with van der Waals surface area (Å²) in [6.07, 6.45) is 0. The Balaban J connectivity index is 1.32. The van der Waals surface area contributed by atoms with E-state index >= 15 is 0 Å². The molecule has 0 saturated carbocycles. The lowest BCUT2D eigenvalue weighted by Crippen LogP contribution is -2.11. The van der Waals surface area contributed by atoms with E-state index in [0.29, 0.717) is 0 Å². The van der Waals surface area contributed by atoms with Crippen molar-refractivity contribution in [1.82, 2.24) is 0 Å². The van der Waals surface area contributed by atoms with Gasteiger partial charge in [-0.25, -0.2) is 0 Å². The van der Waals surface area contributed by atoms with Crippen LogP contribution in [-0.2, 0) is 0 Å². The van der Waals surface area contributed by atoms with Gasteiger partial charge in [-0.2, -0.15) is 0 Å². The Morgan fingerprint density at radius 2 is 0.694 bits per heavy atom. The monoisotopic (exact) mass is 627 g/mol. The van der Waals surface area contributed by atoms with Crippen molar-refractivity contribution in [3.8, 4) is 0 Å². The highest BCUT2D eigenvalue weighted by Crippen LogP contribution is 2.47. The van der Waals surface area contributed by atoms with Crippen LogP contribution in [0, 0.1) is 20.8 Å². The van der Waals surface area contributed by atoms with Crippen LogP contribution in [0.4, 0.5) is 17.1 Å². The van der Waals surface area contributed by atoms with Crippen LogP contribution in [0.25, 0.3) is 75.6 Å². The van der Waals surface area contributed by atoms with Gasteiger partial charge in [-0.15, -0.1) is 0 Å². The number of aryl methyl sites for hydroxylation is 3. The van der Waals surface area contributed by atoms with Crippen LogP contribution in [0.5, 0.6) is 0 Å². The van der Waals surface area contributed by atoms with E-state index in [1.54, 1.807) is 0 Å². The molecule has 0 radical (unpaired) electrons. The number of hydrogen-bond acceptors (Lipinski definition) is 2. The maximum absolute atomic E-state index is 6.55. The zero-order valence-corrected chi connectivity index (χ0v) is 27.7. The quantitative estimate of drug-likeness (QED) is 0.181. The largest absolute Gasteiger partial charge is 0.459 e. The molecule has 10 aromatic rings. The zero-order valence-electron chi connectivity index (χ0n) is 27.7. The highest BCUT2D eigenvalue weighted by molar-refractivity contribution is 6.27. The van der Waals surface area contributed by atoms with Crippen LogP contribution in [0.2, 0.25) is 0 Å². The highest BCUT2D eigenvalue weighted by atomic mass is 16.3. The molecule has 0 aliphatic carbocycles. The number of nitrogens with zero attached hydrogens (tertiary/aromatic N) is 1. The molecule has 0 amide bonds. The first kappa shape index (κ1) is 27.9. The standard InChI is InChI=1S/C47H33NO/c1-28-24-45-46(25-29(28)2)49-30(3)47(45)48(31-20-22-41-37-16-6-4-12-33(37)35-14-8-10-18-39(35)43(41)26-31)32-21-23-42-38-17-7-5-13-34(38)36-15-9-11-19-40(36)44(42)27-32/h4-27H,1-3H3. The molecule has 0 spiro atoms. The van der Waals surface area contributed by atoms with Crippen LogP contribution >= 0.6 is 0 Å². The Labute approximate surface area is 284 Å². The van der Waals surface area contributed by atoms with Gasteiger partial charge >= 0.3 is 0 Å². The number of anilines is 3. The third-order valence-corrected chi connectivity index (χ3v) is 10.6. The van der Waals surface area contributed by atoms with Crippen molar-refractivity contribution in [1.29, 1.82) is 0 Å². The second kappa shape index (κ2) is 10.4.